The van der Waals surface area contributed by atoms with Crippen molar-refractivity contribution in [2.75, 3.05) is 5.32 Å². The number of nitrogens with zero attached hydrogens (tertiary/aromatic N) is 1. The molecule has 0 saturated heterocycles. The molecule has 1 aliphatic rings. The molecule has 4 rings (SSSR count). The first-order valence-corrected chi connectivity index (χ1v) is 9.98. The molecule has 31 heavy (non-hydrogen) atoms. The van der Waals surface area contributed by atoms with Crippen LogP contribution in [0.4, 0.5) is 14.5 Å². The second kappa shape index (κ2) is 7.97. The molecule has 11 heteroatoms. The van der Waals surface area contributed by atoms with Gasteiger partial charge in [-0.15, -0.1) is 0 Å². The minimum Gasteiger partial charge on any atom is -0.507 e. The Morgan fingerprint density at radius 3 is 2.65 bits per heavy atom. The Balaban J connectivity index is 1.63. The van der Waals surface area contributed by atoms with E-state index < -0.39 is 23.3 Å². The molecule has 0 saturated carbocycles. The highest BCUT2D eigenvalue weighted by Gasteiger charge is 2.40. The second-order valence-electron chi connectivity index (χ2n) is 7.15. The average molecular weight is 470 g/mol. The van der Waals surface area contributed by atoms with Crippen molar-refractivity contribution < 1.29 is 23.2 Å². The molecular weight excluding hydrogens is 455 g/mol. The first-order valence-electron chi connectivity index (χ1n) is 9.23. The molecule has 0 atom stereocenters. The van der Waals surface area contributed by atoms with E-state index in [1.54, 1.807) is 6.07 Å². The lowest BCUT2D eigenvalue weighted by Crippen LogP contribution is -2.22. The molecule has 1 aliphatic carbocycles. The van der Waals surface area contributed by atoms with Gasteiger partial charge in [-0.25, -0.2) is 13.6 Å². The van der Waals surface area contributed by atoms with Gasteiger partial charge in [-0.1, -0.05) is 29.3 Å². The van der Waals surface area contributed by atoms with Crippen molar-refractivity contribution in [3.63, 3.8) is 0 Å². The van der Waals surface area contributed by atoms with Gasteiger partial charge in [0.15, 0.2) is 0 Å². The van der Waals surface area contributed by atoms with Gasteiger partial charge in [0.25, 0.3) is 11.8 Å². The van der Waals surface area contributed by atoms with Crippen LogP contribution in [-0.4, -0.2) is 21.2 Å². The van der Waals surface area contributed by atoms with Crippen LogP contribution in [0.3, 0.4) is 0 Å². The van der Waals surface area contributed by atoms with E-state index in [-0.39, 0.29) is 40.0 Å². The van der Waals surface area contributed by atoms with Crippen LogP contribution in [-0.2, 0) is 18.8 Å². The number of alkyl halides is 2. The van der Waals surface area contributed by atoms with Gasteiger partial charge in [-0.3, -0.25) is 14.3 Å². The molecule has 0 radical (unpaired) electrons. The van der Waals surface area contributed by atoms with E-state index in [9.17, 15) is 23.5 Å². The van der Waals surface area contributed by atoms with Crippen LogP contribution in [0, 0.1) is 0 Å². The highest BCUT2D eigenvalue weighted by molar-refractivity contribution is 6.36. The molecule has 0 unspecified atom stereocenters. The summed E-state index contributed by atoms with van der Waals surface area (Å²) >= 11 is 12.7. The van der Waals surface area contributed by atoms with Gasteiger partial charge in [-0.2, -0.15) is 0 Å². The van der Waals surface area contributed by atoms with E-state index in [0.717, 1.165) is 0 Å². The quantitative estimate of drug-likeness (QED) is 0.515. The molecule has 0 spiro atoms. The van der Waals surface area contributed by atoms with Crippen molar-refractivity contribution >= 4 is 34.8 Å². The van der Waals surface area contributed by atoms with Gasteiger partial charge in [0.2, 0.25) is 5.82 Å². The van der Waals surface area contributed by atoms with Crippen LogP contribution in [0.15, 0.2) is 33.6 Å². The molecule has 1 amide bonds. The Hall–Kier alpha value is -2.91. The summed E-state index contributed by atoms with van der Waals surface area (Å²) in [5.41, 5.74) is 1.38. The first kappa shape index (κ1) is 21.3. The highest BCUT2D eigenvalue weighted by atomic mass is 35.5. The largest absolute Gasteiger partial charge is 0.507 e. The zero-order chi connectivity index (χ0) is 22.3. The van der Waals surface area contributed by atoms with Crippen molar-refractivity contribution in [3.8, 4) is 5.75 Å². The van der Waals surface area contributed by atoms with E-state index >= 15 is 0 Å². The van der Waals surface area contributed by atoms with Crippen LogP contribution < -0.4 is 11.1 Å². The summed E-state index contributed by atoms with van der Waals surface area (Å²) in [6.07, 6.45) is 0.561. The number of benzene rings is 2. The van der Waals surface area contributed by atoms with Gasteiger partial charge < -0.3 is 10.4 Å². The number of nitrogens with one attached hydrogen (secondary N) is 2. The highest BCUT2D eigenvalue weighted by Crippen LogP contribution is 2.46. The van der Waals surface area contributed by atoms with E-state index in [0.29, 0.717) is 29.5 Å². The summed E-state index contributed by atoms with van der Waals surface area (Å²) in [5, 5.41) is 16.2. The summed E-state index contributed by atoms with van der Waals surface area (Å²) in [4.78, 5) is 25.2. The van der Waals surface area contributed by atoms with Gasteiger partial charge in [0, 0.05) is 28.6 Å². The Kier molecular flexibility index (Phi) is 5.49. The molecule has 3 N–H and O–H groups in total. The van der Waals surface area contributed by atoms with Crippen LogP contribution in [0.25, 0.3) is 0 Å². The number of hydrogen-bond donors (Lipinski definition) is 3. The lowest BCUT2D eigenvalue weighted by molar-refractivity contribution is -0.0238. The van der Waals surface area contributed by atoms with Crippen LogP contribution >= 0.6 is 23.2 Å². The monoisotopic (exact) mass is 469 g/mol. The molecule has 162 valence electrons. The van der Waals surface area contributed by atoms with E-state index in [2.05, 4.69) is 20.0 Å². The molecule has 3 aromatic rings. The lowest BCUT2D eigenvalue weighted by Gasteiger charge is -2.28. The van der Waals surface area contributed by atoms with Crippen LogP contribution in [0.5, 0.6) is 5.75 Å². The smallest absolute Gasteiger partial charge is 0.439 e. The number of carbonyl (C=O) groups excluding carboxylic acids is 1. The Morgan fingerprint density at radius 1 is 1.29 bits per heavy atom. The summed E-state index contributed by atoms with van der Waals surface area (Å²) in [5.74, 6) is -5.46. The summed E-state index contributed by atoms with van der Waals surface area (Å²) in [6.45, 7) is 0. The molecule has 1 aromatic heterocycles. The van der Waals surface area contributed by atoms with E-state index in [1.165, 1.54) is 18.2 Å². The maximum atomic E-state index is 14.4. The summed E-state index contributed by atoms with van der Waals surface area (Å²) in [6, 6.07) is 5.72. The fourth-order valence-electron chi connectivity index (χ4n) is 3.70. The van der Waals surface area contributed by atoms with Crippen LogP contribution in [0.2, 0.25) is 10.0 Å². The van der Waals surface area contributed by atoms with Gasteiger partial charge in [-0.05, 0) is 52.9 Å². The molecule has 0 fully saturated rings. The van der Waals surface area contributed by atoms with Crippen molar-refractivity contribution in [3.05, 3.63) is 72.9 Å². The number of anilines is 1. The molecule has 0 aliphatic heterocycles. The summed E-state index contributed by atoms with van der Waals surface area (Å²) in [7, 11) is 0. The molecular formula is C20H15Cl2F2N3O4. The zero-order valence-corrected chi connectivity index (χ0v) is 17.3. The molecule has 1 heterocycles. The van der Waals surface area contributed by atoms with Gasteiger partial charge >= 0.3 is 5.76 Å². The number of aromatic amines is 1. The number of halogens is 4. The zero-order valence-electron chi connectivity index (χ0n) is 15.8. The van der Waals surface area contributed by atoms with Gasteiger partial charge in [0.05, 0.1) is 5.56 Å². The third-order valence-corrected chi connectivity index (χ3v) is 5.77. The number of fused-ring (bicyclic) bond motifs is 1. The molecule has 7 nitrogen and oxygen atoms in total. The fraction of sp³-hybridized carbons (Fsp3) is 0.250. The van der Waals surface area contributed by atoms with Crippen molar-refractivity contribution in [2.24, 2.45) is 0 Å². The number of rotatable bonds is 4. The van der Waals surface area contributed by atoms with Gasteiger partial charge in [0.1, 0.15) is 5.75 Å². The Bertz CT molecular complexity index is 1220. The standard InChI is InChI=1S/C20H15Cl2F2N3O4/c21-13-7-10(25-18(29)17-26-19(30)31-27-17)8-14(22)12(13)6-9-3-4-15(28)16-11(9)2-1-5-20(16,23)24/h3-4,7-8,28H,1-2,5-6H2,(H,25,29)(H,26,27,30). The minimum atomic E-state index is -3.10. The average Bonchev–Trinajstić information content (AvgIpc) is 3.12. The predicted molar refractivity (Wildman–Crippen MR) is 109 cm³/mol. The SMILES string of the molecule is O=C(Nc1cc(Cl)c(Cc2ccc(O)c3c2CCCC3(F)F)c(Cl)c1)c1noc(=O)[nH]1. The topological polar surface area (TPSA) is 108 Å². The number of carbonyl (C=O) groups is 1. The molecule has 0 bridgehead atoms. The predicted octanol–water partition coefficient (Wildman–Crippen LogP) is 4.65. The van der Waals surface area contributed by atoms with Crippen molar-refractivity contribution in [1.82, 2.24) is 10.1 Å². The maximum Gasteiger partial charge on any atom is 0.439 e. The van der Waals surface area contributed by atoms with Crippen molar-refractivity contribution in [2.45, 2.75) is 31.6 Å². The maximum absolute atomic E-state index is 14.4. The number of phenols is 1. The number of aromatic hydroxyl groups is 1. The Morgan fingerprint density at radius 2 is 2.00 bits per heavy atom. The number of H-pyrrole nitrogens is 1. The van der Waals surface area contributed by atoms with E-state index in [1.807, 2.05) is 0 Å². The number of amides is 1. The van der Waals surface area contributed by atoms with Crippen LogP contribution in [0.1, 0.15) is 45.7 Å². The fourth-order valence-corrected chi connectivity index (χ4v) is 4.32. The Labute approximate surface area is 184 Å². The number of aromatic nitrogens is 2. The summed E-state index contributed by atoms with van der Waals surface area (Å²) < 4.78 is 33.0. The minimum absolute atomic E-state index is 0.168. The first-order chi connectivity index (χ1) is 14.7. The normalized spacial score (nSPS) is 14.8. The number of hydrogen-bond acceptors (Lipinski definition) is 5. The van der Waals surface area contributed by atoms with E-state index in [4.69, 9.17) is 23.2 Å². The third kappa shape index (κ3) is 4.15. The van der Waals surface area contributed by atoms with Crippen molar-refractivity contribution in [1.29, 1.82) is 0 Å². The second-order valence-corrected chi connectivity index (χ2v) is 7.96. The third-order valence-electron chi connectivity index (χ3n) is 5.09. The number of phenolic OH excluding ortho intramolecular Hbond substituents is 1. The lowest BCUT2D eigenvalue weighted by atomic mass is 9.83. The molecule has 2 aromatic carbocycles.